The number of hydrogen-bond acceptors (Lipinski definition) is 6. The van der Waals surface area contributed by atoms with E-state index in [-0.39, 0.29) is 29.5 Å². The predicted molar refractivity (Wildman–Crippen MR) is 113 cm³/mol. The maximum atomic E-state index is 14.3. The lowest BCUT2D eigenvalue weighted by atomic mass is 10.1. The van der Waals surface area contributed by atoms with Gasteiger partial charge in [-0.2, -0.15) is 5.26 Å². The van der Waals surface area contributed by atoms with Crippen molar-refractivity contribution in [3.05, 3.63) is 48.2 Å². The highest BCUT2D eigenvalue weighted by atomic mass is 19.1. The molecule has 3 aromatic rings. The quantitative estimate of drug-likeness (QED) is 0.671. The molecule has 0 aliphatic carbocycles. The van der Waals surface area contributed by atoms with Gasteiger partial charge in [0.25, 0.3) is 0 Å². The third kappa shape index (κ3) is 4.28. The summed E-state index contributed by atoms with van der Waals surface area (Å²) in [7, 11) is 0. The van der Waals surface area contributed by atoms with Gasteiger partial charge in [-0.05, 0) is 51.0 Å². The van der Waals surface area contributed by atoms with Gasteiger partial charge in [0.1, 0.15) is 23.6 Å². The summed E-state index contributed by atoms with van der Waals surface area (Å²) in [4.78, 5) is 22.6. The number of benzene rings is 1. The SMILES string of the molecule is CC(C)OC(=O)N1CCC(n2ccc3c(Nc4ccc(C#N)cc4F)ncnc32)CC1. The van der Waals surface area contributed by atoms with E-state index in [9.17, 15) is 9.18 Å². The van der Waals surface area contributed by atoms with Crippen molar-refractivity contribution in [1.82, 2.24) is 19.4 Å². The van der Waals surface area contributed by atoms with Crippen LogP contribution in [-0.4, -0.2) is 44.7 Å². The number of nitrogens with one attached hydrogen (secondary N) is 1. The second-order valence-electron chi connectivity index (χ2n) is 7.76. The molecular formula is C22H23FN6O2. The van der Waals surface area contributed by atoms with Crippen molar-refractivity contribution in [3.63, 3.8) is 0 Å². The predicted octanol–water partition coefficient (Wildman–Crippen LogP) is 4.37. The molecule has 4 rings (SSSR count). The molecule has 8 nitrogen and oxygen atoms in total. The topological polar surface area (TPSA) is 96.1 Å². The number of piperidine rings is 1. The van der Waals surface area contributed by atoms with E-state index in [1.807, 2.05) is 32.2 Å². The van der Waals surface area contributed by atoms with E-state index in [4.69, 9.17) is 10.00 Å². The number of aromatic nitrogens is 3. The molecule has 0 atom stereocenters. The van der Waals surface area contributed by atoms with Gasteiger partial charge in [0.05, 0.1) is 28.8 Å². The molecule has 1 saturated heterocycles. The fourth-order valence-corrected chi connectivity index (χ4v) is 3.78. The number of nitriles is 1. The zero-order chi connectivity index (χ0) is 22.0. The number of rotatable bonds is 4. The van der Waals surface area contributed by atoms with Crippen LogP contribution in [0, 0.1) is 17.1 Å². The zero-order valence-corrected chi connectivity index (χ0v) is 17.4. The minimum Gasteiger partial charge on any atom is -0.447 e. The summed E-state index contributed by atoms with van der Waals surface area (Å²) < 4.78 is 21.7. The fraction of sp³-hybridized carbons (Fsp3) is 0.364. The highest BCUT2D eigenvalue weighted by Crippen LogP contribution is 2.31. The second-order valence-corrected chi connectivity index (χ2v) is 7.76. The minimum absolute atomic E-state index is 0.137. The van der Waals surface area contributed by atoms with E-state index in [0.29, 0.717) is 18.9 Å². The van der Waals surface area contributed by atoms with Crippen LogP contribution in [0.4, 0.5) is 20.7 Å². The van der Waals surface area contributed by atoms with Gasteiger partial charge in [0, 0.05) is 25.3 Å². The zero-order valence-electron chi connectivity index (χ0n) is 17.4. The van der Waals surface area contributed by atoms with Crippen molar-refractivity contribution in [2.45, 2.75) is 38.8 Å². The van der Waals surface area contributed by atoms with Crippen molar-refractivity contribution in [3.8, 4) is 6.07 Å². The van der Waals surface area contributed by atoms with Gasteiger partial charge < -0.3 is 19.5 Å². The largest absolute Gasteiger partial charge is 0.447 e. The number of carbonyl (C=O) groups excluding carboxylic acids is 1. The number of likely N-dealkylation sites (tertiary alicyclic amines) is 1. The molecule has 0 radical (unpaired) electrons. The second kappa shape index (κ2) is 8.60. The average molecular weight is 422 g/mol. The molecular weight excluding hydrogens is 399 g/mol. The Morgan fingerprint density at radius 2 is 2.06 bits per heavy atom. The molecule has 1 aliphatic rings. The van der Waals surface area contributed by atoms with Crippen LogP contribution in [0.25, 0.3) is 11.0 Å². The molecule has 3 heterocycles. The summed E-state index contributed by atoms with van der Waals surface area (Å²) in [6.45, 7) is 4.91. The number of amides is 1. The van der Waals surface area contributed by atoms with Crippen LogP contribution >= 0.6 is 0 Å². The van der Waals surface area contributed by atoms with Crippen molar-refractivity contribution >= 4 is 28.6 Å². The third-order valence-electron chi connectivity index (χ3n) is 5.31. The number of ether oxygens (including phenoxy) is 1. The molecule has 0 saturated carbocycles. The Balaban J connectivity index is 1.52. The van der Waals surface area contributed by atoms with Gasteiger partial charge >= 0.3 is 6.09 Å². The Bertz CT molecular complexity index is 1140. The van der Waals surface area contributed by atoms with Gasteiger partial charge in [-0.25, -0.2) is 19.2 Å². The molecule has 2 aromatic heterocycles. The number of anilines is 2. The van der Waals surface area contributed by atoms with Crippen LogP contribution < -0.4 is 5.32 Å². The van der Waals surface area contributed by atoms with E-state index in [1.165, 1.54) is 18.5 Å². The summed E-state index contributed by atoms with van der Waals surface area (Å²) >= 11 is 0. The van der Waals surface area contributed by atoms with E-state index < -0.39 is 5.82 Å². The Labute approximate surface area is 179 Å². The Hall–Kier alpha value is -3.67. The summed E-state index contributed by atoms with van der Waals surface area (Å²) in [5, 5.41) is 12.7. The summed E-state index contributed by atoms with van der Waals surface area (Å²) in [6.07, 6.45) is 4.55. The van der Waals surface area contributed by atoms with Crippen molar-refractivity contribution in [2.75, 3.05) is 18.4 Å². The molecule has 1 N–H and O–H groups in total. The van der Waals surface area contributed by atoms with E-state index in [2.05, 4.69) is 19.9 Å². The van der Waals surface area contributed by atoms with Gasteiger partial charge in [-0.1, -0.05) is 0 Å². The van der Waals surface area contributed by atoms with E-state index in [0.717, 1.165) is 23.9 Å². The van der Waals surface area contributed by atoms with Crippen LogP contribution in [0.1, 0.15) is 38.3 Å². The first-order chi connectivity index (χ1) is 15.0. The summed E-state index contributed by atoms with van der Waals surface area (Å²) in [6, 6.07) is 8.26. The van der Waals surface area contributed by atoms with Crippen LogP contribution in [-0.2, 0) is 4.74 Å². The normalized spacial score (nSPS) is 14.6. The lowest BCUT2D eigenvalue weighted by molar-refractivity contribution is 0.0663. The maximum Gasteiger partial charge on any atom is 0.410 e. The Morgan fingerprint density at radius 1 is 1.29 bits per heavy atom. The van der Waals surface area contributed by atoms with Gasteiger partial charge in [-0.15, -0.1) is 0 Å². The van der Waals surface area contributed by atoms with E-state index in [1.54, 1.807) is 11.0 Å². The number of halogens is 1. The molecule has 1 aliphatic heterocycles. The number of carbonyl (C=O) groups is 1. The number of nitrogens with zero attached hydrogens (tertiary/aromatic N) is 5. The fourth-order valence-electron chi connectivity index (χ4n) is 3.78. The van der Waals surface area contributed by atoms with Gasteiger partial charge in [0.2, 0.25) is 0 Å². The maximum absolute atomic E-state index is 14.3. The minimum atomic E-state index is -0.522. The smallest absolute Gasteiger partial charge is 0.410 e. The van der Waals surface area contributed by atoms with Crippen molar-refractivity contribution in [1.29, 1.82) is 5.26 Å². The van der Waals surface area contributed by atoms with Gasteiger partial charge in [-0.3, -0.25) is 0 Å². The van der Waals surface area contributed by atoms with Gasteiger partial charge in [0.15, 0.2) is 0 Å². The van der Waals surface area contributed by atoms with Crippen molar-refractivity contribution < 1.29 is 13.9 Å². The first-order valence-corrected chi connectivity index (χ1v) is 10.2. The standard InChI is InChI=1S/C22H23FN6O2/c1-14(2)31-22(30)28-8-5-16(6-9-28)29-10-7-17-20(25-13-26-21(17)29)27-19-4-3-15(12-24)11-18(19)23/h3-4,7,10-11,13-14,16H,5-6,8-9H2,1-2H3,(H,25,26,27). The number of hydrogen-bond donors (Lipinski definition) is 1. The number of fused-ring (bicyclic) bond motifs is 1. The molecule has 0 unspecified atom stereocenters. The van der Waals surface area contributed by atoms with Crippen LogP contribution in [0.5, 0.6) is 0 Å². The lowest BCUT2D eigenvalue weighted by Crippen LogP contribution is -2.40. The van der Waals surface area contributed by atoms with Crippen molar-refractivity contribution in [2.24, 2.45) is 0 Å². The van der Waals surface area contributed by atoms with Crippen LogP contribution in [0.2, 0.25) is 0 Å². The first-order valence-electron chi connectivity index (χ1n) is 10.2. The summed E-state index contributed by atoms with van der Waals surface area (Å²) in [5.41, 5.74) is 1.24. The summed E-state index contributed by atoms with van der Waals surface area (Å²) in [5.74, 6) is -0.0313. The molecule has 9 heteroatoms. The monoisotopic (exact) mass is 422 g/mol. The molecule has 0 spiro atoms. The first kappa shape index (κ1) is 20.6. The molecule has 31 heavy (non-hydrogen) atoms. The Morgan fingerprint density at radius 3 is 2.74 bits per heavy atom. The van der Waals surface area contributed by atoms with Crippen LogP contribution in [0.3, 0.4) is 0 Å². The molecule has 1 amide bonds. The highest BCUT2D eigenvalue weighted by Gasteiger charge is 2.26. The molecule has 160 valence electrons. The van der Waals surface area contributed by atoms with E-state index >= 15 is 0 Å². The Kier molecular flexibility index (Phi) is 5.71. The highest BCUT2D eigenvalue weighted by molar-refractivity contribution is 5.89. The molecule has 1 fully saturated rings. The lowest BCUT2D eigenvalue weighted by Gasteiger charge is -2.32. The molecule has 1 aromatic carbocycles. The third-order valence-corrected chi connectivity index (χ3v) is 5.31. The van der Waals surface area contributed by atoms with Crippen LogP contribution in [0.15, 0.2) is 36.8 Å². The molecule has 0 bridgehead atoms. The average Bonchev–Trinajstić information content (AvgIpc) is 3.20.